The monoisotopic (exact) mass is 172 g/mol. The molecule has 0 fully saturated rings. The van der Waals surface area contributed by atoms with E-state index < -0.39 is 0 Å². The molecule has 0 saturated heterocycles. The second-order valence-electron chi connectivity index (χ2n) is 2.01. The predicted octanol–water partition coefficient (Wildman–Crippen LogP) is 0.496. The Morgan fingerprint density at radius 2 is 2.00 bits per heavy atom. The van der Waals surface area contributed by atoms with Gasteiger partial charge in [0.25, 0.3) is 0 Å². The van der Waals surface area contributed by atoms with Crippen LogP contribution in [-0.4, -0.2) is 23.6 Å². The van der Waals surface area contributed by atoms with Crippen LogP contribution in [0.5, 0.6) is 0 Å². The zero-order valence-corrected chi connectivity index (χ0v) is 7.67. The Balaban J connectivity index is 3.92. The molecule has 0 aromatic heterocycles. The van der Waals surface area contributed by atoms with Crippen molar-refractivity contribution in [2.45, 2.75) is 13.8 Å². The molecule has 0 spiro atoms. The van der Waals surface area contributed by atoms with E-state index in [4.69, 9.17) is 17.6 Å². The highest BCUT2D eigenvalue weighted by atomic mass is 32.1. The van der Waals surface area contributed by atoms with E-state index in [1.165, 1.54) is 0 Å². The van der Waals surface area contributed by atoms with Crippen molar-refractivity contribution in [3.8, 4) is 0 Å². The highest BCUT2D eigenvalue weighted by molar-refractivity contribution is 7.80. The Kier molecular flexibility index (Phi) is 4.36. The Morgan fingerprint density at radius 3 is 2.36 bits per heavy atom. The second-order valence-corrected chi connectivity index (χ2v) is 2.42. The molecule has 0 rings (SSSR count). The zero-order chi connectivity index (χ0) is 8.85. The van der Waals surface area contributed by atoms with Crippen LogP contribution in [0.2, 0.25) is 0 Å². The maximum atomic E-state index is 7.17. The first-order valence-corrected chi connectivity index (χ1v) is 3.56. The summed E-state index contributed by atoms with van der Waals surface area (Å²) in [4.78, 5) is 0. The van der Waals surface area contributed by atoms with Gasteiger partial charge in [0.2, 0.25) is 0 Å². The summed E-state index contributed by atoms with van der Waals surface area (Å²) in [6.07, 6.45) is 0. The molecule has 4 nitrogen and oxygen atoms in total. The number of hydrazone groups is 1. The van der Waals surface area contributed by atoms with Gasteiger partial charge in [-0.2, -0.15) is 5.10 Å². The number of hydrogen-bond acceptors (Lipinski definition) is 3. The molecule has 62 valence electrons. The highest BCUT2D eigenvalue weighted by Gasteiger charge is 1.92. The highest BCUT2D eigenvalue weighted by Crippen LogP contribution is 1.77. The largest absolute Gasteiger partial charge is 0.364 e. The molecule has 3 N–H and O–H groups in total. The van der Waals surface area contributed by atoms with Crippen molar-refractivity contribution in [3.63, 3.8) is 0 Å². The fourth-order valence-electron chi connectivity index (χ4n) is 0.274. The molecule has 0 saturated carbocycles. The van der Waals surface area contributed by atoms with Gasteiger partial charge in [-0.15, -0.1) is 0 Å². The van der Waals surface area contributed by atoms with Gasteiger partial charge in [0.1, 0.15) is 0 Å². The van der Waals surface area contributed by atoms with Gasteiger partial charge >= 0.3 is 0 Å². The molecule has 11 heavy (non-hydrogen) atoms. The quantitative estimate of drug-likeness (QED) is 0.323. The van der Waals surface area contributed by atoms with Gasteiger partial charge in [0, 0.05) is 7.05 Å². The molecule has 0 aromatic rings. The molecule has 0 amide bonds. The molecular formula is C6H12N4S. The first-order chi connectivity index (χ1) is 5.07. The number of rotatable bonds is 2. The van der Waals surface area contributed by atoms with Crippen LogP contribution in [0.3, 0.4) is 0 Å². The third-order valence-corrected chi connectivity index (χ3v) is 1.39. The van der Waals surface area contributed by atoms with Crippen molar-refractivity contribution in [2.75, 3.05) is 7.05 Å². The lowest BCUT2D eigenvalue weighted by Crippen LogP contribution is -2.29. The summed E-state index contributed by atoms with van der Waals surface area (Å²) >= 11 is 4.76. The maximum absolute atomic E-state index is 7.17. The van der Waals surface area contributed by atoms with E-state index in [9.17, 15) is 0 Å². The van der Waals surface area contributed by atoms with Crippen molar-refractivity contribution in [1.29, 1.82) is 5.41 Å². The van der Waals surface area contributed by atoms with E-state index in [0.29, 0.717) is 16.5 Å². The van der Waals surface area contributed by atoms with Crippen LogP contribution in [0, 0.1) is 5.41 Å². The predicted molar refractivity (Wildman–Crippen MR) is 51.3 cm³/mol. The van der Waals surface area contributed by atoms with Crippen LogP contribution in [0.1, 0.15) is 13.8 Å². The summed E-state index contributed by atoms with van der Waals surface area (Å²) in [7, 11) is 1.71. The zero-order valence-electron chi connectivity index (χ0n) is 6.86. The molecule has 0 aromatic carbocycles. The third-order valence-electron chi connectivity index (χ3n) is 1.09. The van der Waals surface area contributed by atoms with Crippen LogP contribution in [0.25, 0.3) is 0 Å². The van der Waals surface area contributed by atoms with Crippen molar-refractivity contribution in [2.24, 2.45) is 5.10 Å². The molecule has 0 aliphatic heterocycles. The first-order valence-electron chi connectivity index (χ1n) is 3.15. The van der Waals surface area contributed by atoms with Crippen LogP contribution >= 0.6 is 12.2 Å². The Hall–Kier alpha value is -0.970. The Labute approximate surface area is 71.6 Å². The molecule has 0 aliphatic carbocycles. The molecule has 0 radical (unpaired) electrons. The fraction of sp³-hybridized carbons (Fsp3) is 0.500. The van der Waals surface area contributed by atoms with Gasteiger partial charge in [-0.05, 0) is 26.1 Å². The van der Waals surface area contributed by atoms with E-state index in [1.807, 2.05) is 0 Å². The van der Waals surface area contributed by atoms with Crippen LogP contribution < -0.4 is 10.7 Å². The number of nitrogens with zero attached hydrogens (tertiary/aromatic N) is 1. The fourth-order valence-corrected chi connectivity index (χ4v) is 0.320. The topological polar surface area (TPSA) is 60.3 Å². The van der Waals surface area contributed by atoms with E-state index in [-0.39, 0.29) is 0 Å². The normalized spacial score (nSPS) is 10.6. The second kappa shape index (κ2) is 4.79. The minimum atomic E-state index is 0.427. The average molecular weight is 172 g/mol. The van der Waals surface area contributed by atoms with Crippen molar-refractivity contribution >= 4 is 28.8 Å². The lowest BCUT2D eigenvalue weighted by Gasteiger charge is -2.01. The third kappa shape index (κ3) is 4.44. The van der Waals surface area contributed by atoms with Gasteiger partial charge in [0.05, 0.1) is 11.4 Å². The Bertz CT molecular complexity index is 197. The summed E-state index contributed by atoms with van der Waals surface area (Å²) in [5, 5.41) is 14.2. The minimum Gasteiger partial charge on any atom is -0.364 e. The van der Waals surface area contributed by atoms with E-state index in [0.717, 1.165) is 0 Å². The molecule has 0 heterocycles. The van der Waals surface area contributed by atoms with Crippen LogP contribution in [0.15, 0.2) is 5.10 Å². The molecule has 0 aliphatic rings. The average Bonchev–Trinajstić information content (AvgIpc) is 1.99. The molecule has 0 bridgehead atoms. The summed E-state index contributed by atoms with van der Waals surface area (Å²) in [5.74, 6) is 0. The summed E-state index contributed by atoms with van der Waals surface area (Å²) in [6, 6.07) is 0. The minimum absolute atomic E-state index is 0.427. The van der Waals surface area contributed by atoms with Crippen LogP contribution in [-0.2, 0) is 0 Å². The summed E-state index contributed by atoms with van der Waals surface area (Å²) in [5.41, 5.74) is 3.64. The SMILES string of the molecule is CNC(=S)N/N=C(\C)C(C)=N. The van der Waals surface area contributed by atoms with Crippen molar-refractivity contribution in [1.82, 2.24) is 10.7 Å². The summed E-state index contributed by atoms with van der Waals surface area (Å²) < 4.78 is 0. The van der Waals surface area contributed by atoms with Gasteiger partial charge in [-0.3, -0.25) is 5.43 Å². The van der Waals surface area contributed by atoms with Crippen molar-refractivity contribution in [3.05, 3.63) is 0 Å². The maximum Gasteiger partial charge on any atom is 0.186 e. The van der Waals surface area contributed by atoms with E-state index >= 15 is 0 Å². The van der Waals surface area contributed by atoms with Crippen molar-refractivity contribution < 1.29 is 0 Å². The number of nitrogens with one attached hydrogen (secondary N) is 3. The van der Waals surface area contributed by atoms with E-state index in [2.05, 4.69) is 15.8 Å². The standard InChI is InChI=1S/C6H12N4S/c1-4(7)5(2)9-10-6(11)8-3/h7H,1-3H3,(H2,8,10,11)/b7-4?,9-5+. The smallest absolute Gasteiger partial charge is 0.186 e. The lowest BCUT2D eigenvalue weighted by molar-refractivity contribution is 0.976. The number of hydrogen-bond donors (Lipinski definition) is 3. The Morgan fingerprint density at radius 1 is 1.45 bits per heavy atom. The van der Waals surface area contributed by atoms with Gasteiger partial charge in [-0.1, -0.05) is 0 Å². The molecule has 0 unspecified atom stereocenters. The van der Waals surface area contributed by atoms with Gasteiger partial charge < -0.3 is 10.7 Å². The summed E-state index contributed by atoms with van der Waals surface area (Å²) in [6.45, 7) is 3.41. The van der Waals surface area contributed by atoms with Gasteiger partial charge in [-0.25, -0.2) is 0 Å². The van der Waals surface area contributed by atoms with Crippen LogP contribution in [0.4, 0.5) is 0 Å². The molecule has 0 atom stereocenters. The molecular weight excluding hydrogens is 160 g/mol. The number of thiocarbonyl (C=S) groups is 1. The first kappa shape index (κ1) is 10.0. The van der Waals surface area contributed by atoms with E-state index in [1.54, 1.807) is 20.9 Å². The molecule has 5 heteroatoms. The lowest BCUT2D eigenvalue weighted by atomic mass is 10.3. The van der Waals surface area contributed by atoms with Gasteiger partial charge in [0.15, 0.2) is 5.11 Å².